The molecule has 1 unspecified atom stereocenters. The minimum Gasteiger partial charge on any atom is -0.466 e. The normalized spacial score (nSPS) is 13.4. The molecule has 0 aliphatic carbocycles. The quantitative estimate of drug-likeness (QED) is 0.0105. The number of imidazole rings is 2. The van der Waals surface area contributed by atoms with Gasteiger partial charge in [0.25, 0.3) is 0 Å². The summed E-state index contributed by atoms with van der Waals surface area (Å²) in [6, 6.07) is 17.0. The van der Waals surface area contributed by atoms with Crippen LogP contribution in [0, 0.1) is 0 Å². The molecule has 0 aliphatic rings. The van der Waals surface area contributed by atoms with E-state index in [1.165, 1.54) is 96.3 Å². The van der Waals surface area contributed by atoms with Crippen molar-refractivity contribution < 1.29 is 67.1 Å². The van der Waals surface area contributed by atoms with Crippen molar-refractivity contribution >= 4 is 81.8 Å². The number of hydrogen-bond donors (Lipinski definition) is 4. The molecule has 0 radical (unpaired) electrons. The number of benzene rings is 2. The number of esters is 2. The maximum Gasteiger partial charge on any atom is 0.493 e. The average Bonchev–Trinajstić information content (AvgIpc) is 1.13. The van der Waals surface area contributed by atoms with Gasteiger partial charge in [-0.2, -0.15) is 0 Å². The maximum atomic E-state index is 12.9. The molecule has 2 heterocycles. The SMILES string of the molecule is CCCCCCCCCCCCOC(=O)CCNCCC[Si@](OC)(O[Si](CCCNc1ccc(/N=N/c2n(C)cc[n+]2C)cc1)(OC)OC)O[Si](CCCNc1ccc(/N=N/c2n(C)cc[n+]2C)cc1)(OC)O[Si](CCCNCCC(=O)OCCCCCCCCCCC)(OC)OC. The Morgan fingerprint density at radius 3 is 1.02 bits per heavy atom. The van der Waals surface area contributed by atoms with Gasteiger partial charge in [0.05, 0.1) is 79.0 Å². The number of carbonyl (C=O) groups excluding carboxylic acids is 2. The van der Waals surface area contributed by atoms with E-state index in [2.05, 4.69) is 55.6 Å². The first-order valence-electron chi connectivity index (χ1n) is 36.3. The predicted molar refractivity (Wildman–Crippen MR) is 393 cm³/mol. The van der Waals surface area contributed by atoms with Crippen LogP contribution in [0.4, 0.5) is 34.6 Å². The molecule has 25 nitrogen and oxygen atoms in total. The standard InChI is InChI=1S/C69H124N12O13Si4/c1-13-15-17-19-21-23-25-27-29-31-57-91-67(83)45-51-71-47-33-60-97(88-11,93-96(86-9,87-10)59-34-48-72-62-36-40-64(41-37-62)74-76-68-78(3)52-53-79(68)4)94-98(89-12,61-35-49-73-63-38-42-65(43-39-63)75-77-69-80(5)54-55-81(69)6)92-95(84-7,85-8)58-32-46-70-50-44-66(82)90-56-30-28-26-24-22-20-18-16-14-2/h36-43,52-55,70-71H,13-35,44-51,56-61H2,1-12H3/p+2/t97-,98?/m0/s1. The summed E-state index contributed by atoms with van der Waals surface area (Å²) in [7, 11) is 2.02. The Morgan fingerprint density at radius 1 is 0.398 bits per heavy atom. The van der Waals surface area contributed by atoms with Crippen LogP contribution in [0.15, 0.2) is 93.8 Å². The molecule has 4 rings (SSSR count). The van der Waals surface area contributed by atoms with Crippen molar-refractivity contribution in [2.24, 2.45) is 48.6 Å². The van der Waals surface area contributed by atoms with Gasteiger partial charge in [0.2, 0.25) is 0 Å². The summed E-state index contributed by atoms with van der Waals surface area (Å²) >= 11 is 0. The third-order valence-electron chi connectivity index (χ3n) is 17.3. The van der Waals surface area contributed by atoms with E-state index in [4.69, 9.17) is 48.4 Å². The fourth-order valence-corrected chi connectivity index (χ4v) is 27.1. The highest BCUT2D eigenvalue weighted by molar-refractivity contribution is 6.84. The molecule has 0 saturated heterocycles. The van der Waals surface area contributed by atoms with E-state index in [-0.39, 0.29) is 24.8 Å². The lowest BCUT2D eigenvalue weighted by Gasteiger charge is -2.43. The highest BCUT2D eigenvalue weighted by Gasteiger charge is 2.61. The third-order valence-corrected chi connectivity index (χ3v) is 32.3. The molecule has 2 atom stereocenters. The number of aromatic nitrogens is 4. The molecule has 0 amide bonds. The van der Waals surface area contributed by atoms with E-state index >= 15 is 0 Å². The zero-order valence-corrected chi connectivity index (χ0v) is 66.0. The number of ether oxygens (including phenoxy) is 2. The molecule has 4 N–H and O–H groups in total. The largest absolute Gasteiger partial charge is 0.493 e. The maximum absolute atomic E-state index is 12.9. The van der Waals surface area contributed by atoms with Crippen LogP contribution in [0.25, 0.3) is 0 Å². The summed E-state index contributed by atoms with van der Waals surface area (Å²) in [6.07, 6.45) is 33.5. The van der Waals surface area contributed by atoms with Gasteiger partial charge in [0.1, 0.15) is 11.4 Å². The minimum atomic E-state index is -4.01. The van der Waals surface area contributed by atoms with Crippen molar-refractivity contribution in [1.82, 2.24) is 19.8 Å². The van der Waals surface area contributed by atoms with Gasteiger partial charge in [0.15, 0.2) is 0 Å². The fourth-order valence-electron chi connectivity index (χ4n) is 11.2. The van der Waals surface area contributed by atoms with E-state index in [9.17, 15) is 9.59 Å². The Morgan fingerprint density at radius 2 is 0.704 bits per heavy atom. The first-order chi connectivity index (χ1) is 47.6. The number of azo groups is 2. The number of anilines is 2. The summed E-state index contributed by atoms with van der Waals surface area (Å²) in [6.45, 7) is 8.42. The minimum absolute atomic E-state index is 0.208. The molecule has 554 valence electrons. The van der Waals surface area contributed by atoms with Crippen LogP contribution in [0.2, 0.25) is 24.2 Å². The van der Waals surface area contributed by atoms with Crippen LogP contribution in [-0.2, 0) is 86.2 Å². The van der Waals surface area contributed by atoms with Gasteiger partial charge in [0, 0.05) is 115 Å². The number of nitrogens with one attached hydrogen (secondary N) is 4. The van der Waals surface area contributed by atoms with Crippen LogP contribution < -0.4 is 30.4 Å². The first kappa shape index (κ1) is 85.4. The van der Waals surface area contributed by atoms with Crippen LogP contribution in [0.5, 0.6) is 0 Å². The molecule has 0 spiro atoms. The summed E-state index contributed by atoms with van der Waals surface area (Å²) in [5.74, 6) is 1.01. The zero-order valence-electron chi connectivity index (χ0n) is 62.0. The Labute approximate surface area is 592 Å². The molecule has 0 bridgehead atoms. The van der Waals surface area contributed by atoms with Crippen LogP contribution >= 0.6 is 0 Å². The topological polar surface area (TPSA) is 251 Å². The molecule has 0 saturated carbocycles. The first-order valence-corrected chi connectivity index (χ1v) is 44.0. The predicted octanol–water partition coefficient (Wildman–Crippen LogP) is 14.1. The summed E-state index contributed by atoms with van der Waals surface area (Å²) in [4.78, 5) is 25.6. The van der Waals surface area contributed by atoms with E-state index in [1.54, 1.807) is 42.7 Å². The zero-order chi connectivity index (χ0) is 71.0. The van der Waals surface area contributed by atoms with Gasteiger partial charge in [-0.3, -0.25) is 9.59 Å². The molecule has 98 heavy (non-hydrogen) atoms. The average molecular weight is 1440 g/mol. The van der Waals surface area contributed by atoms with E-state index < -0.39 is 35.2 Å². The van der Waals surface area contributed by atoms with E-state index in [0.29, 0.717) is 108 Å². The highest BCUT2D eigenvalue weighted by Crippen LogP contribution is 2.35. The van der Waals surface area contributed by atoms with Crippen LogP contribution in [0.3, 0.4) is 0 Å². The van der Waals surface area contributed by atoms with Gasteiger partial charge in [-0.25, -0.2) is 18.3 Å². The smallest absolute Gasteiger partial charge is 0.466 e. The number of unbranched alkanes of at least 4 members (excludes halogenated alkanes) is 17. The fraction of sp³-hybridized carbons (Fsp3) is 0.710. The van der Waals surface area contributed by atoms with Gasteiger partial charge >= 0.3 is 59.1 Å². The Hall–Kier alpha value is -4.97. The van der Waals surface area contributed by atoms with Crippen molar-refractivity contribution in [2.75, 3.05) is 106 Å². The van der Waals surface area contributed by atoms with Crippen LogP contribution in [0.1, 0.15) is 174 Å². The van der Waals surface area contributed by atoms with E-state index in [1.807, 2.05) is 120 Å². The Bertz CT molecular complexity index is 2760. The number of rotatable bonds is 61. The van der Waals surface area contributed by atoms with Gasteiger partial charge in [-0.05, 0) is 100 Å². The lowest BCUT2D eigenvalue weighted by Crippen LogP contribution is -2.66. The van der Waals surface area contributed by atoms with Crippen molar-refractivity contribution in [3.8, 4) is 0 Å². The van der Waals surface area contributed by atoms with Crippen molar-refractivity contribution in [3.63, 3.8) is 0 Å². The second kappa shape index (κ2) is 50.4. The van der Waals surface area contributed by atoms with Crippen molar-refractivity contribution in [1.29, 1.82) is 0 Å². The summed E-state index contributed by atoms with van der Waals surface area (Å²) < 4.78 is 79.6. The molecule has 2 aromatic heterocycles. The van der Waals surface area contributed by atoms with Gasteiger partial charge in [-0.1, -0.05) is 133 Å². The molecular formula is C69H126N12O13Si4+2. The number of nitrogens with zero attached hydrogens (tertiary/aromatic N) is 8. The summed E-state index contributed by atoms with van der Waals surface area (Å²) in [5.41, 5.74) is 3.23. The summed E-state index contributed by atoms with van der Waals surface area (Å²) in [5, 5.41) is 31.8. The van der Waals surface area contributed by atoms with Gasteiger partial charge < -0.3 is 69.6 Å². The third kappa shape index (κ3) is 33.7. The number of carbonyl (C=O) groups is 2. The molecule has 0 fully saturated rings. The molecule has 0 aliphatic heterocycles. The second-order valence-electron chi connectivity index (χ2n) is 25.1. The molecule has 2 aromatic carbocycles. The van der Waals surface area contributed by atoms with Gasteiger partial charge in [-0.15, -0.1) is 0 Å². The second-order valence-corrected chi connectivity index (χ2v) is 37.5. The van der Waals surface area contributed by atoms with Crippen molar-refractivity contribution in [3.05, 3.63) is 73.3 Å². The van der Waals surface area contributed by atoms with E-state index in [0.717, 1.165) is 54.6 Å². The van der Waals surface area contributed by atoms with Crippen LogP contribution in [-0.4, -0.2) is 151 Å². The molecule has 4 aromatic rings. The number of aryl methyl sites for hydroxylation is 4. The molecule has 29 heteroatoms. The lowest BCUT2D eigenvalue weighted by atomic mass is 10.1. The monoisotopic (exact) mass is 1440 g/mol. The Kier molecular flexibility index (Phi) is 43.9. The number of hydrogen-bond acceptors (Lipinski definition) is 21. The lowest BCUT2D eigenvalue weighted by molar-refractivity contribution is -0.657. The Balaban J connectivity index is 1.52. The highest BCUT2D eigenvalue weighted by atomic mass is 28.5. The molecular weight excluding hydrogens is 1320 g/mol. The van der Waals surface area contributed by atoms with Crippen molar-refractivity contribution in [2.45, 2.75) is 199 Å².